The first-order chi connectivity index (χ1) is 10.1. The zero-order chi connectivity index (χ0) is 15.8. The van der Waals surface area contributed by atoms with Gasteiger partial charge < -0.3 is 10.4 Å². The van der Waals surface area contributed by atoms with E-state index in [-0.39, 0.29) is 6.61 Å². The van der Waals surface area contributed by atoms with Gasteiger partial charge in [-0.1, -0.05) is 27.7 Å². The molecule has 1 rings (SSSR count). The highest BCUT2D eigenvalue weighted by Gasteiger charge is 2.32. The van der Waals surface area contributed by atoms with Crippen molar-refractivity contribution in [1.82, 2.24) is 10.2 Å². The van der Waals surface area contributed by atoms with Gasteiger partial charge in [-0.3, -0.25) is 4.90 Å². The van der Waals surface area contributed by atoms with Gasteiger partial charge >= 0.3 is 0 Å². The fourth-order valence-corrected chi connectivity index (χ4v) is 4.15. The van der Waals surface area contributed by atoms with Crippen molar-refractivity contribution in [3.63, 3.8) is 0 Å². The Morgan fingerprint density at radius 1 is 1.19 bits per heavy atom. The molecule has 3 heteroatoms. The van der Waals surface area contributed by atoms with Crippen LogP contribution in [0.5, 0.6) is 0 Å². The molecule has 1 aliphatic rings. The predicted octanol–water partition coefficient (Wildman–Crippen LogP) is 3.13. The summed E-state index contributed by atoms with van der Waals surface area (Å²) in [5, 5.41) is 13.0. The Labute approximate surface area is 132 Å². The molecule has 0 radical (unpaired) electrons. The van der Waals surface area contributed by atoms with Crippen LogP contribution in [0.4, 0.5) is 0 Å². The zero-order valence-electron chi connectivity index (χ0n) is 14.9. The Morgan fingerprint density at radius 2 is 1.86 bits per heavy atom. The molecule has 0 aromatic rings. The lowest BCUT2D eigenvalue weighted by Gasteiger charge is -2.42. The number of rotatable bonds is 9. The van der Waals surface area contributed by atoms with Gasteiger partial charge in [0.15, 0.2) is 0 Å². The summed E-state index contributed by atoms with van der Waals surface area (Å²) in [5.41, 5.74) is 0. The number of nitrogens with one attached hydrogen (secondary N) is 1. The molecule has 0 aromatic heterocycles. The third kappa shape index (κ3) is 5.54. The summed E-state index contributed by atoms with van der Waals surface area (Å²) in [7, 11) is 2.11. The molecular formula is C18H38N2O. The number of hydrogen-bond acceptors (Lipinski definition) is 3. The molecule has 126 valence electrons. The molecule has 3 nitrogen and oxygen atoms in total. The number of nitrogens with zero attached hydrogens (tertiary/aromatic N) is 1. The zero-order valence-corrected chi connectivity index (χ0v) is 14.9. The minimum absolute atomic E-state index is 0.279. The number of aliphatic hydroxyl groups is 1. The standard InChI is InChI=1S/C18H38N2O/c1-6-17(7-2)20(10-11-21)13-16-12-15(14(3)4)8-9-18(16)19-5/h14-19,21H,6-13H2,1-5H3. The van der Waals surface area contributed by atoms with E-state index in [0.717, 1.165) is 30.8 Å². The lowest BCUT2D eigenvalue weighted by Crippen LogP contribution is -2.48. The van der Waals surface area contributed by atoms with E-state index in [9.17, 15) is 5.11 Å². The fraction of sp³-hybridized carbons (Fsp3) is 1.00. The van der Waals surface area contributed by atoms with Crippen LogP contribution < -0.4 is 5.32 Å². The van der Waals surface area contributed by atoms with Crippen LogP contribution >= 0.6 is 0 Å². The summed E-state index contributed by atoms with van der Waals surface area (Å²) in [6.45, 7) is 11.5. The van der Waals surface area contributed by atoms with Gasteiger partial charge in [-0.05, 0) is 56.9 Å². The van der Waals surface area contributed by atoms with Crippen LogP contribution in [-0.2, 0) is 0 Å². The van der Waals surface area contributed by atoms with Crippen LogP contribution in [0.15, 0.2) is 0 Å². The molecule has 0 amide bonds. The van der Waals surface area contributed by atoms with Gasteiger partial charge in [-0.15, -0.1) is 0 Å². The Balaban J connectivity index is 2.71. The van der Waals surface area contributed by atoms with E-state index < -0.39 is 0 Å². The number of aliphatic hydroxyl groups excluding tert-OH is 1. The van der Waals surface area contributed by atoms with Gasteiger partial charge in [0.25, 0.3) is 0 Å². The molecule has 2 N–H and O–H groups in total. The van der Waals surface area contributed by atoms with Crippen molar-refractivity contribution >= 4 is 0 Å². The van der Waals surface area contributed by atoms with Crippen molar-refractivity contribution in [2.45, 2.75) is 71.9 Å². The SMILES string of the molecule is CCC(CC)N(CCO)CC1CC(C(C)C)CCC1NC. The fourth-order valence-electron chi connectivity index (χ4n) is 4.15. The monoisotopic (exact) mass is 298 g/mol. The van der Waals surface area contributed by atoms with Gasteiger partial charge in [-0.2, -0.15) is 0 Å². The van der Waals surface area contributed by atoms with Crippen LogP contribution in [0.3, 0.4) is 0 Å². The van der Waals surface area contributed by atoms with E-state index in [1.165, 1.54) is 32.1 Å². The molecule has 21 heavy (non-hydrogen) atoms. The molecule has 0 saturated heterocycles. The lowest BCUT2D eigenvalue weighted by atomic mass is 9.73. The third-order valence-corrected chi connectivity index (χ3v) is 5.65. The summed E-state index contributed by atoms with van der Waals surface area (Å²) in [6, 6.07) is 1.27. The second kappa shape index (κ2) is 9.81. The molecule has 0 spiro atoms. The van der Waals surface area contributed by atoms with Crippen molar-refractivity contribution in [3.8, 4) is 0 Å². The van der Waals surface area contributed by atoms with E-state index in [4.69, 9.17) is 0 Å². The Hall–Kier alpha value is -0.120. The first-order valence-electron chi connectivity index (χ1n) is 9.09. The van der Waals surface area contributed by atoms with E-state index in [1.54, 1.807) is 0 Å². The smallest absolute Gasteiger partial charge is 0.0558 e. The first-order valence-corrected chi connectivity index (χ1v) is 9.09. The maximum atomic E-state index is 9.41. The van der Waals surface area contributed by atoms with Crippen LogP contribution in [0.1, 0.15) is 59.8 Å². The maximum Gasteiger partial charge on any atom is 0.0558 e. The van der Waals surface area contributed by atoms with Crippen molar-refractivity contribution < 1.29 is 5.11 Å². The van der Waals surface area contributed by atoms with E-state index in [0.29, 0.717) is 12.1 Å². The Morgan fingerprint density at radius 3 is 2.33 bits per heavy atom. The second-order valence-corrected chi connectivity index (χ2v) is 7.16. The molecule has 1 aliphatic carbocycles. The van der Waals surface area contributed by atoms with Gasteiger partial charge in [-0.25, -0.2) is 0 Å². The lowest BCUT2D eigenvalue weighted by molar-refractivity contribution is 0.0817. The molecule has 1 saturated carbocycles. The molecular weight excluding hydrogens is 260 g/mol. The van der Waals surface area contributed by atoms with Crippen molar-refractivity contribution in [3.05, 3.63) is 0 Å². The summed E-state index contributed by atoms with van der Waals surface area (Å²) in [5.74, 6) is 2.39. The molecule has 3 unspecified atom stereocenters. The van der Waals surface area contributed by atoms with Crippen LogP contribution in [-0.4, -0.2) is 48.8 Å². The normalized spacial score (nSPS) is 27.0. The molecule has 0 heterocycles. The van der Waals surface area contributed by atoms with E-state index in [2.05, 4.69) is 45.0 Å². The minimum Gasteiger partial charge on any atom is -0.395 e. The Bertz CT molecular complexity index is 266. The summed E-state index contributed by atoms with van der Waals surface area (Å²) >= 11 is 0. The van der Waals surface area contributed by atoms with Crippen molar-refractivity contribution in [2.75, 3.05) is 26.7 Å². The molecule has 0 aromatic carbocycles. The summed E-state index contributed by atoms with van der Waals surface area (Å²) in [6.07, 6.45) is 6.37. The van der Waals surface area contributed by atoms with Crippen molar-refractivity contribution in [2.24, 2.45) is 17.8 Å². The van der Waals surface area contributed by atoms with Crippen LogP contribution in [0, 0.1) is 17.8 Å². The Kier molecular flexibility index (Phi) is 8.84. The molecule has 0 aliphatic heterocycles. The second-order valence-electron chi connectivity index (χ2n) is 7.16. The highest BCUT2D eigenvalue weighted by atomic mass is 16.3. The molecule has 1 fully saturated rings. The minimum atomic E-state index is 0.279. The molecule has 3 atom stereocenters. The average Bonchev–Trinajstić information content (AvgIpc) is 2.48. The quantitative estimate of drug-likeness (QED) is 0.686. The van der Waals surface area contributed by atoms with Gasteiger partial charge in [0.05, 0.1) is 6.61 Å². The van der Waals surface area contributed by atoms with Crippen LogP contribution in [0.25, 0.3) is 0 Å². The van der Waals surface area contributed by atoms with E-state index >= 15 is 0 Å². The van der Waals surface area contributed by atoms with Crippen LogP contribution in [0.2, 0.25) is 0 Å². The summed E-state index contributed by atoms with van der Waals surface area (Å²) < 4.78 is 0. The van der Waals surface area contributed by atoms with Gasteiger partial charge in [0.2, 0.25) is 0 Å². The highest BCUT2D eigenvalue weighted by Crippen LogP contribution is 2.34. The van der Waals surface area contributed by atoms with Gasteiger partial charge in [0, 0.05) is 25.2 Å². The predicted molar refractivity (Wildman–Crippen MR) is 91.5 cm³/mol. The summed E-state index contributed by atoms with van der Waals surface area (Å²) in [4.78, 5) is 2.54. The molecule has 0 bridgehead atoms. The highest BCUT2D eigenvalue weighted by molar-refractivity contribution is 4.88. The largest absolute Gasteiger partial charge is 0.395 e. The van der Waals surface area contributed by atoms with Gasteiger partial charge in [0.1, 0.15) is 0 Å². The average molecular weight is 299 g/mol. The first kappa shape index (κ1) is 18.9. The third-order valence-electron chi connectivity index (χ3n) is 5.65. The number of hydrogen-bond donors (Lipinski definition) is 2. The van der Waals surface area contributed by atoms with E-state index in [1.807, 2.05) is 0 Å². The van der Waals surface area contributed by atoms with Crippen molar-refractivity contribution in [1.29, 1.82) is 0 Å². The topological polar surface area (TPSA) is 35.5 Å². The maximum absolute atomic E-state index is 9.41.